The Morgan fingerprint density at radius 2 is 1.95 bits per heavy atom. The summed E-state index contributed by atoms with van der Waals surface area (Å²) in [5, 5.41) is 0. The first kappa shape index (κ1) is 15.3. The van der Waals surface area contributed by atoms with E-state index < -0.39 is 9.84 Å². The van der Waals surface area contributed by atoms with E-state index in [1.165, 1.54) is 0 Å². The van der Waals surface area contributed by atoms with Gasteiger partial charge in [0.2, 0.25) is 0 Å². The van der Waals surface area contributed by atoms with Crippen molar-refractivity contribution >= 4 is 9.84 Å². The molecule has 0 radical (unpaired) electrons. The third kappa shape index (κ3) is 3.52. The SMILES string of the molecule is CCCS(=O)(=O)c1ccc(OC2CCCC2CN)cc1. The van der Waals surface area contributed by atoms with Crippen molar-refractivity contribution in [3.8, 4) is 5.75 Å². The molecular weight excluding hydrogens is 274 g/mol. The van der Waals surface area contributed by atoms with Gasteiger partial charge in [0.1, 0.15) is 11.9 Å². The second-order valence-electron chi connectivity index (χ2n) is 5.37. The van der Waals surface area contributed by atoms with Crippen LogP contribution in [0, 0.1) is 5.92 Å². The van der Waals surface area contributed by atoms with Gasteiger partial charge in [0.15, 0.2) is 9.84 Å². The number of nitrogens with two attached hydrogens (primary N) is 1. The summed E-state index contributed by atoms with van der Waals surface area (Å²) in [7, 11) is -3.15. The maximum atomic E-state index is 11.9. The first-order valence-corrected chi connectivity index (χ1v) is 8.91. The maximum absolute atomic E-state index is 11.9. The summed E-state index contributed by atoms with van der Waals surface area (Å²) in [5.74, 6) is 1.33. The van der Waals surface area contributed by atoms with Gasteiger partial charge in [-0.2, -0.15) is 0 Å². The monoisotopic (exact) mass is 297 g/mol. The van der Waals surface area contributed by atoms with Gasteiger partial charge in [-0.3, -0.25) is 0 Å². The molecule has 2 atom stereocenters. The van der Waals surface area contributed by atoms with E-state index in [2.05, 4.69) is 0 Å². The minimum Gasteiger partial charge on any atom is -0.490 e. The van der Waals surface area contributed by atoms with Crippen LogP contribution in [0.5, 0.6) is 5.75 Å². The quantitative estimate of drug-likeness (QED) is 0.875. The number of hydrogen-bond acceptors (Lipinski definition) is 4. The predicted octanol–water partition coefficient (Wildman–Crippen LogP) is 2.38. The highest BCUT2D eigenvalue weighted by Crippen LogP contribution is 2.29. The Morgan fingerprint density at radius 1 is 1.25 bits per heavy atom. The van der Waals surface area contributed by atoms with Gasteiger partial charge in [0.05, 0.1) is 10.6 Å². The lowest BCUT2D eigenvalue weighted by molar-refractivity contribution is 0.162. The van der Waals surface area contributed by atoms with Gasteiger partial charge in [0.25, 0.3) is 0 Å². The van der Waals surface area contributed by atoms with E-state index in [9.17, 15) is 8.42 Å². The van der Waals surface area contributed by atoms with Crippen LogP contribution in [0.4, 0.5) is 0 Å². The molecule has 0 amide bonds. The molecule has 1 saturated carbocycles. The highest BCUT2D eigenvalue weighted by molar-refractivity contribution is 7.91. The molecule has 0 heterocycles. The van der Waals surface area contributed by atoms with Gasteiger partial charge in [0, 0.05) is 5.92 Å². The summed E-state index contributed by atoms with van der Waals surface area (Å²) >= 11 is 0. The largest absolute Gasteiger partial charge is 0.490 e. The molecule has 1 fully saturated rings. The van der Waals surface area contributed by atoms with Crippen LogP contribution in [0.1, 0.15) is 32.6 Å². The fourth-order valence-corrected chi connectivity index (χ4v) is 4.04. The third-order valence-electron chi connectivity index (χ3n) is 3.84. The molecule has 5 heteroatoms. The highest BCUT2D eigenvalue weighted by Gasteiger charge is 2.27. The topological polar surface area (TPSA) is 69.4 Å². The Kier molecular flexibility index (Phi) is 5.05. The second-order valence-corrected chi connectivity index (χ2v) is 7.48. The van der Waals surface area contributed by atoms with E-state index in [1.54, 1.807) is 24.3 Å². The molecule has 0 saturated heterocycles. The van der Waals surface area contributed by atoms with Gasteiger partial charge in [-0.05, 0) is 56.5 Å². The molecule has 4 nitrogen and oxygen atoms in total. The van der Waals surface area contributed by atoms with Crippen LogP contribution in [-0.4, -0.2) is 26.8 Å². The molecule has 0 bridgehead atoms. The van der Waals surface area contributed by atoms with Gasteiger partial charge in [-0.1, -0.05) is 6.92 Å². The Labute approximate surface area is 121 Å². The van der Waals surface area contributed by atoms with E-state index >= 15 is 0 Å². The van der Waals surface area contributed by atoms with Crippen molar-refractivity contribution in [3.63, 3.8) is 0 Å². The number of benzene rings is 1. The van der Waals surface area contributed by atoms with Crippen molar-refractivity contribution in [1.29, 1.82) is 0 Å². The standard InChI is InChI=1S/C15H23NO3S/c1-2-10-20(17,18)14-8-6-13(7-9-14)19-15-5-3-4-12(15)11-16/h6-9,12,15H,2-5,10-11,16H2,1H3. The summed E-state index contributed by atoms with van der Waals surface area (Å²) in [6, 6.07) is 6.75. The molecule has 0 aromatic heterocycles. The fraction of sp³-hybridized carbons (Fsp3) is 0.600. The first-order chi connectivity index (χ1) is 9.56. The van der Waals surface area contributed by atoms with Crippen molar-refractivity contribution in [2.75, 3.05) is 12.3 Å². The Balaban J connectivity index is 2.05. The Bertz CT molecular complexity index is 525. The molecule has 20 heavy (non-hydrogen) atoms. The van der Waals surface area contributed by atoms with Crippen molar-refractivity contribution in [3.05, 3.63) is 24.3 Å². The lowest BCUT2D eigenvalue weighted by Gasteiger charge is -2.20. The van der Waals surface area contributed by atoms with E-state index in [0.29, 0.717) is 23.8 Å². The summed E-state index contributed by atoms with van der Waals surface area (Å²) in [5.41, 5.74) is 5.73. The van der Waals surface area contributed by atoms with E-state index in [4.69, 9.17) is 10.5 Å². The van der Waals surface area contributed by atoms with Crippen LogP contribution < -0.4 is 10.5 Å². The lowest BCUT2D eigenvalue weighted by Crippen LogP contribution is -2.27. The average Bonchev–Trinajstić information content (AvgIpc) is 2.86. The zero-order valence-corrected chi connectivity index (χ0v) is 12.7. The summed E-state index contributed by atoms with van der Waals surface area (Å²) in [4.78, 5) is 0.369. The van der Waals surface area contributed by atoms with Crippen LogP contribution >= 0.6 is 0 Å². The molecule has 0 aliphatic heterocycles. The molecule has 1 aromatic rings. The van der Waals surface area contributed by atoms with E-state index in [0.717, 1.165) is 25.0 Å². The van der Waals surface area contributed by atoms with Crippen molar-refractivity contribution in [2.45, 2.75) is 43.6 Å². The molecule has 112 valence electrons. The van der Waals surface area contributed by atoms with Crippen LogP contribution in [0.15, 0.2) is 29.2 Å². The van der Waals surface area contributed by atoms with Crippen molar-refractivity contribution in [1.82, 2.24) is 0 Å². The van der Waals surface area contributed by atoms with Gasteiger partial charge in [-0.25, -0.2) is 8.42 Å². The van der Waals surface area contributed by atoms with Gasteiger partial charge < -0.3 is 10.5 Å². The Hall–Kier alpha value is -1.07. The summed E-state index contributed by atoms with van der Waals surface area (Å²) in [6.45, 7) is 2.51. The minimum absolute atomic E-state index is 0.165. The highest BCUT2D eigenvalue weighted by atomic mass is 32.2. The molecule has 1 aromatic carbocycles. The zero-order chi connectivity index (χ0) is 14.6. The van der Waals surface area contributed by atoms with Gasteiger partial charge >= 0.3 is 0 Å². The normalized spacial score (nSPS) is 22.9. The van der Waals surface area contributed by atoms with Crippen molar-refractivity contribution in [2.24, 2.45) is 11.7 Å². The fourth-order valence-electron chi connectivity index (χ4n) is 2.71. The number of sulfone groups is 1. The zero-order valence-electron chi connectivity index (χ0n) is 11.9. The summed E-state index contributed by atoms with van der Waals surface area (Å²) in [6.07, 6.45) is 4.08. The van der Waals surface area contributed by atoms with E-state index in [1.807, 2.05) is 6.92 Å². The first-order valence-electron chi connectivity index (χ1n) is 7.26. The molecule has 1 aliphatic rings. The smallest absolute Gasteiger partial charge is 0.178 e. The molecule has 2 N–H and O–H groups in total. The second kappa shape index (κ2) is 6.59. The number of ether oxygens (including phenoxy) is 1. The van der Waals surface area contributed by atoms with Crippen LogP contribution in [0.2, 0.25) is 0 Å². The molecule has 1 aliphatic carbocycles. The lowest BCUT2D eigenvalue weighted by atomic mass is 10.1. The molecular formula is C15H23NO3S. The van der Waals surface area contributed by atoms with Crippen molar-refractivity contribution < 1.29 is 13.2 Å². The molecule has 2 rings (SSSR count). The van der Waals surface area contributed by atoms with Crippen LogP contribution in [0.3, 0.4) is 0 Å². The van der Waals surface area contributed by atoms with Crippen LogP contribution in [-0.2, 0) is 9.84 Å². The molecule has 2 unspecified atom stereocenters. The van der Waals surface area contributed by atoms with Gasteiger partial charge in [-0.15, -0.1) is 0 Å². The number of rotatable bonds is 6. The molecule has 0 spiro atoms. The Morgan fingerprint density at radius 3 is 2.55 bits per heavy atom. The number of hydrogen-bond donors (Lipinski definition) is 1. The predicted molar refractivity (Wildman–Crippen MR) is 79.6 cm³/mol. The third-order valence-corrected chi connectivity index (χ3v) is 5.77. The minimum atomic E-state index is -3.15. The summed E-state index contributed by atoms with van der Waals surface area (Å²) < 4.78 is 29.8. The van der Waals surface area contributed by atoms with E-state index in [-0.39, 0.29) is 11.9 Å². The van der Waals surface area contributed by atoms with Crippen LogP contribution in [0.25, 0.3) is 0 Å². The maximum Gasteiger partial charge on any atom is 0.178 e. The average molecular weight is 297 g/mol.